The molecule has 84 valence electrons. The van der Waals surface area contributed by atoms with Gasteiger partial charge in [-0.1, -0.05) is 0 Å². The van der Waals surface area contributed by atoms with Gasteiger partial charge in [-0.2, -0.15) is 0 Å². The van der Waals surface area contributed by atoms with E-state index in [-0.39, 0.29) is 10.7 Å². The Hall–Kier alpha value is -1.02. The average Bonchev–Trinajstić information content (AvgIpc) is 2.75. The number of nitrogens with zero attached hydrogens (tertiary/aromatic N) is 1. The Morgan fingerprint density at radius 2 is 2.33 bits per heavy atom. The zero-order valence-electron chi connectivity index (χ0n) is 7.95. The minimum atomic E-state index is -1.30. The summed E-state index contributed by atoms with van der Waals surface area (Å²) in [5.74, 6) is -0.608. The molecule has 6 nitrogen and oxygen atoms in total. The molecule has 15 heavy (non-hydrogen) atoms. The fourth-order valence-corrected chi connectivity index (χ4v) is 1.72. The van der Waals surface area contributed by atoms with Gasteiger partial charge >= 0.3 is 5.97 Å². The van der Waals surface area contributed by atoms with Crippen molar-refractivity contribution in [1.82, 2.24) is 4.98 Å². The Kier molecular flexibility index (Phi) is 4.15. The molecular formula is C8H11NO5S. The van der Waals surface area contributed by atoms with Gasteiger partial charge < -0.3 is 20.1 Å². The monoisotopic (exact) mass is 233 g/mol. The topological polar surface area (TPSA) is 99.9 Å². The smallest absolute Gasteiger partial charge is 0.357 e. The number of thiazole rings is 1. The lowest BCUT2D eigenvalue weighted by Crippen LogP contribution is -2.22. The van der Waals surface area contributed by atoms with Gasteiger partial charge in [0.2, 0.25) is 0 Å². The van der Waals surface area contributed by atoms with Crippen LogP contribution in [0.3, 0.4) is 0 Å². The fourth-order valence-electron chi connectivity index (χ4n) is 0.886. The van der Waals surface area contributed by atoms with Crippen molar-refractivity contribution in [1.29, 1.82) is 0 Å². The molecule has 0 radical (unpaired) electrons. The molecule has 0 bridgehead atoms. The van der Waals surface area contributed by atoms with Crippen LogP contribution in [0.15, 0.2) is 5.38 Å². The number of ether oxygens (including phenoxy) is 1. The van der Waals surface area contributed by atoms with E-state index in [0.29, 0.717) is 0 Å². The number of esters is 1. The molecule has 0 aliphatic rings. The molecule has 0 aliphatic carbocycles. The predicted octanol–water partition coefficient (Wildman–Crippen LogP) is -0.684. The summed E-state index contributed by atoms with van der Waals surface area (Å²) >= 11 is 1.01. The van der Waals surface area contributed by atoms with Gasteiger partial charge in [-0.15, -0.1) is 11.3 Å². The van der Waals surface area contributed by atoms with Crippen LogP contribution >= 0.6 is 11.3 Å². The molecule has 1 aromatic rings. The van der Waals surface area contributed by atoms with Crippen LogP contribution in [-0.4, -0.2) is 46.1 Å². The number of rotatable bonds is 4. The fraction of sp³-hybridized carbons (Fsp3) is 0.500. The summed E-state index contributed by atoms with van der Waals surface area (Å²) in [7, 11) is 1.22. The van der Waals surface area contributed by atoms with Crippen molar-refractivity contribution in [2.75, 3.05) is 13.7 Å². The van der Waals surface area contributed by atoms with Gasteiger partial charge in [0.25, 0.3) is 0 Å². The van der Waals surface area contributed by atoms with E-state index in [1.54, 1.807) is 0 Å². The molecule has 2 atom stereocenters. The lowest BCUT2D eigenvalue weighted by molar-refractivity contribution is -0.0154. The molecule has 0 fully saturated rings. The molecule has 0 amide bonds. The molecule has 0 aromatic carbocycles. The second kappa shape index (κ2) is 5.17. The average molecular weight is 233 g/mol. The van der Waals surface area contributed by atoms with Crippen LogP contribution < -0.4 is 0 Å². The highest BCUT2D eigenvalue weighted by Gasteiger charge is 2.22. The molecule has 0 saturated heterocycles. The minimum Gasteiger partial charge on any atom is -0.464 e. The zero-order chi connectivity index (χ0) is 11.4. The molecule has 1 heterocycles. The molecule has 0 saturated carbocycles. The van der Waals surface area contributed by atoms with Crippen molar-refractivity contribution in [2.45, 2.75) is 12.2 Å². The molecule has 3 N–H and O–H groups in total. The van der Waals surface area contributed by atoms with E-state index in [9.17, 15) is 9.90 Å². The third-order valence-corrected chi connectivity index (χ3v) is 2.64. The van der Waals surface area contributed by atoms with Gasteiger partial charge in [-0.25, -0.2) is 9.78 Å². The van der Waals surface area contributed by atoms with Crippen molar-refractivity contribution in [2.24, 2.45) is 0 Å². The molecule has 2 unspecified atom stereocenters. The summed E-state index contributed by atoms with van der Waals surface area (Å²) in [5.41, 5.74) is 0.0710. The van der Waals surface area contributed by atoms with E-state index in [1.807, 2.05) is 0 Å². The van der Waals surface area contributed by atoms with E-state index in [0.717, 1.165) is 11.3 Å². The normalized spacial score (nSPS) is 14.7. The Labute approximate surface area is 89.8 Å². The largest absolute Gasteiger partial charge is 0.464 e. The molecule has 1 rings (SSSR count). The lowest BCUT2D eigenvalue weighted by Gasteiger charge is -2.11. The number of methoxy groups -OCH3 is 1. The standard InChI is InChI=1S/C8H11NO5S/c1-14-8(13)4-3-15-7(9-4)6(12)5(11)2-10/h3,5-6,10-12H,2H2,1H3. The summed E-state index contributed by atoms with van der Waals surface area (Å²) in [6.45, 7) is -0.575. The van der Waals surface area contributed by atoms with E-state index >= 15 is 0 Å². The Morgan fingerprint density at radius 1 is 1.67 bits per heavy atom. The first-order valence-electron chi connectivity index (χ1n) is 4.11. The van der Waals surface area contributed by atoms with Crippen LogP contribution in [-0.2, 0) is 4.74 Å². The van der Waals surface area contributed by atoms with Crippen LogP contribution in [0.2, 0.25) is 0 Å². The number of aliphatic hydroxyl groups is 3. The number of carbonyl (C=O) groups excluding carboxylic acids is 1. The van der Waals surface area contributed by atoms with E-state index in [4.69, 9.17) is 10.2 Å². The third kappa shape index (κ3) is 2.72. The zero-order valence-corrected chi connectivity index (χ0v) is 8.77. The van der Waals surface area contributed by atoms with Crippen molar-refractivity contribution < 1.29 is 24.9 Å². The highest BCUT2D eigenvalue weighted by molar-refractivity contribution is 7.09. The second-order valence-electron chi connectivity index (χ2n) is 2.76. The predicted molar refractivity (Wildman–Crippen MR) is 51.5 cm³/mol. The molecular weight excluding hydrogens is 222 g/mol. The van der Waals surface area contributed by atoms with Gasteiger partial charge in [0.1, 0.15) is 17.2 Å². The third-order valence-electron chi connectivity index (χ3n) is 1.72. The van der Waals surface area contributed by atoms with Crippen molar-refractivity contribution >= 4 is 17.3 Å². The summed E-state index contributed by atoms with van der Waals surface area (Å²) in [4.78, 5) is 14.8. The Morgan fingerprint density at radius 3 is 2.87 bits per heavy atom. The van der Waals surface area contributed by atoms with Crippen molar-refractivity contribution in [3.05, 3.63) is 16.1 Å². The first kappa shape index (κ1) is 12.1. The lowest BCUT2D eigenvalue weighted by atomic mass is 10.2. The van der Waals surface area contributed by atoms with Crippen LogP contribution in [0.1, 0.15) is 21.6 Å². The maximum Gasteiger partial charge on any atom is 0.357 e. The quantitative estimate of drug-likeness (QED) is 0.596. The van der Waals surface area contributed by atoms with Crippen LogP contribution in [0.4, 0.5) is 0 Å². The van der Waals surface area contributed by atoms with Crippen LogP contribution in [0.25, 0.3) is 0 Å². The summed E-state index contributed by atoms with van der Waals surface area (Å²) < 4.78 is 4.43. The SMILES string of the molecule is COC(=O)c1csc(C(O)C(O)CO)n1. The van der Waals surface area contributed by atoms with Gasteiger partial charge in [0.15, 0.2) is 5.69 Å². The number of aromatic nitrogens is 1. The van der Waals surface area contributed by atoms with E-state index in [2.05, 4.69) is 9.72 Å². The molecule has 0 spiro atoms. The molecule has 0 aliphatic heterocycles. The first-order valence-corrected chi connectivity index (χ1v) is 4.98. The number of hydrogen-bond donors (Lipinski definition) is 3. The highest BCUT2D eigenvalue weighted by atomic mass is 32.1. The summed E-state index contributed by atoms with van der Waals surface area (Å²) in [6, 6.07) is 0. The van der Waals surface area contributed by atoms with Gasteiger partial charge in [0.05, 0.1) is 13.7 Å². The summed E-state index contributed by atoms with van der Waals surface area (Å²) in [5, 5.41) is 28.8. The minimum absolute atomic E-state index is 0.0710. The van der Waals surface area contributed by atoms with Crippen LogP contribution in [0.5, 0.6) is 0 Å². The maximum absolute atomic E-state index is 11.0. The van der Waals surface area contributed by atoms with Gasteiger partial charge in [-0.05, 0) is 0 Å². The molecule has 1 aromatic heterocycles. The first-order chi connectivity index (χ1) is 7.10. The highest BCUT2D eigenvalue weighted by Crippen LogP contribution is 2.21. The Bertz CT molecular complexity index is 340. The van der Waals surface area contributed by atoms with Gasteiger partial charge in [0, 0.05) is 5.38 Å². The van der Waals surface area contributed by atoms with Crippen molar-refractivity contribution in [3.8, 4) is 0 Å². The molecule has 7 heteroatoms. The number of carbonyl (C=O) groups is 1. The Balaban J connectivity index is 2.79. The van der Waals surface area contributed by atoms with Crippen LogP contribution in [0, 0.1) is 0 Å². The van der Waals surface area contributed by atoms with E-state index in [1.165, 1.54) is 12.5 Å². The number of aliphatic hydroxyl groups excluding tert-OH is 3. The number of hydrogen-bond acceptors (Lipinski definition) is 7. The van der Waals surface area contributed by atoms with E-state index < -0.39 is 24.8 Å². The van der Waals surface area contributed by atoms with Crippen molar-refractivity contribution in [3.63, 3.8) is 0 Å². The van der Waals surface area contributed by atoms with Gasteiger partial charge in [-0.3, -0.25) is 0 Å². The summed E-state index contributed by atoms with van der Waals surface area (Å²) in [6.07, 6.45) is -2.60. The second-order valence-corrected chi connectivity index (χ2v) is 3.65. The maximum atomic E-state index is 11.0.